The van der Waals surface area contributed by atoms with Gasteiger partial charge in [0.25, 0.3) is 0 Å². The molecule has 1 unspecified atom stereocenters. The standard InChI is InChI=1S/C9H16.W/c1-4-8(2)9(3)6-5-7-9;/h8H,2-7H2,1H3;/q-2;+2. The molecule has 1 rings (SSSR count). The number of rotatable bonds is 2. The van der Waals surface area contributed by atoms with E-state index in [-0.39, 0.29) is 21.1 Å². The molecule has 1 aliphatic carbocycles. The molecule has 1 heteroatoms. The second-order valence-corrected chi connectivity index (χ2v) is 3.32. The molecule has 1 atom stereocenters. The van der Waals surface area contributed by atoms with Crippen molar-refractivity contribution in [3.8, 4) is 0 Å². The Morgan fingerprint density at radius 1 is 1.50 bits per heavy atom. The van der Waals surface area contributed by atoms with Gasteiger partial charge in [-0.3, -0.25) is 0 Å². The van der Waals surface area contributed by atoms with Gasteiger partial charge in [0.15, 0.2) is 0 Å². The molecule has 0 saturated heterocycles. The molecule has 0 radical (unpaired) electrons. The van der Waals surface area contributed by atoms with Crippen LogP contribution in [0.15, 0.2) is 0 Å². The van der Waals surface area contributed by atoms with E-state index in [9.17, 15) is 0 Å². The molecule has 58 valence electrons. The molecule has 10 heavy (non-hydrogen) atoms. The Balaban J connectivity index is 0.000000810. The van der Waals surface area contributed by atoms with Crippen LogP contribution in [0.1, 0.15) is 32.6 Å². The van der Waals surface area contributed by atoms with Crippen molar-refractivity contribution in [2.75, 3.05) is 0 Å². The van der Waals surface area contributed by atoms with Crippen LogP contribution in [0.2, 0.25) is 0 Å². The van der Waals surface area contributed by atoms with Crippen LogP contribution < -0.4 is 0 Å². The first-order chi connectivity index (χ1) is 4.19. The smallest absolute Gasteiger partial charge is 0.342 e. The van der Waals surface area contributed by atoms with E-state index in [1.165, 1.54) is 25.7 Å². The molecule has 0 aromatic rings. The van der Waals surface area contributed by atoms with Gasteiger partial charge in [-0.2, -0.15) is 11.3 Å². The maximum Gasteiger partial charge on any atom is 2.00 e. The quantitative estimate of drug-likeness (QED) is 0.688. The van der Waals surface area contributed by atoms with Crippen LogP contribution in [0.3, 0.4) is 0 Å². The van der Waals surface area contributed by atoms with Crippen LogP contribution in [0.25, 0.3) is 0 Å². The summed E-state index contributed by atoms with van der Waals surface area (Å²) in [5.41, 5.74) is 0.370. The summed E-state index contributed by atoms with van der Waals surface area (Å²) in [5, 5.41) is 0. The minimum absolute atomic E-state index is 0. The average Bonchev–Trinajstić information content (AvgIpc) is 1.81. The van der Waals surface area contributed by atoms with E-state index < -0.39 is 0 Å². The summed E-state index contributed by atoms with van der Waals surface area (Å²) in [6.07, 6.45) is 5.16. The second kappa shape index (κ2) is 3.90. The fraction of sp³-hybridized carbons (Fsp3) is 0.778. The van der Waals surface area contributed by atoms with Gasteiger partial charge >= 0.3 is 21.1 Å². The van der Waals surface area contributed by atoms with Crippen molar-refractivity contribution in [1.82, 2.24) is 0 Å². The Morgan fingerprint density at radius 2 is 2.00 bits per heavy atom. The van der Waals surface area contributed by atoms with E-state index in [1.807, 2.05) is 0 Å². The van der Waals surface area contributed by atoms with Crippen LogP contribution in [-0.4, -0.2) is 0 Å². The Kier molecular flexibility index (Phi) is 4.17. The van der Waals surface area contributed by atoms with Crippen LogP contribution >= 0.6 is 0 Å². The van der Waals surface area contributed by atoms with Crippen LogP contribution in [-0.2, 0) is 21.1 Å². The van der Waals surface area contributed by atoms with Gasteiger partial charge in [0.05, 0.1) is 0 Å². The molecule has 0 aliphatic heterocycles. The molecule has 0 N–H and O–H groups in total. The van der Waals surface area contributed by atoms with Gasteiger partial charge in [-0.1, -0.05) is 32.6 Å². The summed E-state index contributed by atoms with van der Waals surface area (Å²) in [6, 6.07) is 0. The minimum Gasteiger partial charge on any atom is -0.342 e. The molecule has 1 saturated carbocycles. The summed E-state index contributed by atoms with van der Waals surface area (Å²) in [6.45, 7) is 10.5. The topological polar surface area (TPSA) is 0 Å². The average molecular weight is 308 g/mol. The maximum absolute atomic E-state index is 4.18. The van der Waals surface area contributed by atoms with Crippen molar-refractivity contribution < 1.29 is 21.1 Å². The first-order valence-corrected chi connectivity index (χ1v) is 3.87. The third-order valence-corrected chi connectivity index (χ3v) is 2.71. The van der Waals surface area contributed by atoms with Gasteiger partial charge in [-0.05, 0) is 0 Å². The Bertz CT molecular complexity index is 94.9. The zero-order valence-corrected chi connectivity index (χ0v) is 9.66. The third kappa shape index (κ3) is 1.84. The Morgan fingerprint density at radius 3 is 2.10 bits per heavy atom. The first-order valence-electron chi connectivity index (χ1n) is 3.87. The summed E-state index contributed by atoms with van der Waals surface area (Å²) >= 11 is 0. The van der Waals surface area contributed by atoms with Crippen molar-refractivity contribution >= 4 is 0 Å². The molecular weight excluding hydrogens is 292 g/mol. The Labute approximate surface area is 79.0 Å². The minimum atomic E-state index is 0. The maximum atomic E-state index is 4.18. The van der Waals surface area contributed by atoms with E-state index >= 15 is 0 Å². The number of hydrogen-bond donors (Lipinski definition) is 0. The molecule has 0 nitrogen and oxygen atoms in total. The van der Waals surface area contributed by atoms with Gasteiger partial charge in [0.2, 0.25) is 0 Å². The van der Waals surface area contributed by atoms with E-state index in [4.69, 9.17) is 0 Å². The second-order valence-electron chi connectivity index (χ2n) is 3.32. The van der Waals surface area contributed by atoms with Crippen molar-refractivity contribution in [3.05, 3.63) is 13.8 Å². The zero-order chi connectivity index (χ0) is 6.91. The van der Waals surface area contributed by atoms with Gasteiger partial charge in [0.1, 0.15) is 0 Å². The van der Waals surface area contributed by atoms with Crippen molar-refractivity contribution in [3.63, 3.8) is 0 Å². The molecular formula is C9H16W. The molecule has 0 heterocycles. The van der Waals surface area contributed by atoms with Gasteiger partial charge in [-0.25, -0.2) is 0 Å². The number of hydrogen-bond acceptors (Lipinski definition) is 0. The van der Waals surface area contributed by atoms with Gasteiger partial charge in [-0.15, -0.1) is 0 Å². The van der Waals surface area contributed by atoms with Crippen molar-refractivity contribution in [1.29, 1.82) is 0 Å². The van der Waals surface area contributed by atoms with Gasteiger partial charge < -0.3 is 13.8 Å². The van der Waals surface area contributed by atoms with Gasteiger partial charge in [0, 0.05) is 0 Å². The summed E-state index contributed by atoms with van der Waals surface area (Å²) in [4.78, 5) is 0. The van der Waals surface area contributed by atoms with E-state index in [1.54, 1.807) is 0 Å². The monoisotopic (exact) mass is 308 g/mol. The predicted molar refractivity (Wildman–Crippen MR) is 40.8 cm³/mol. The molecule has 0 spiro atoms. The third-order valence-electron chi connectivity index (χ3n) is 2.71. The molecule has 0 aromatic heterocycles. The van der Waals surface area contributed by atoms with E-state index in [0.29, 0.717) is 11.3 Å². The van der Waals surface area contributed by atoms with Crippen molar-refractivity contribution in [2.45, 2.75) is 32.6 Å². The fourth-order valence-electron chi connectivity index (χ4n) is 1.47. The molecule has 1 aliphatic rings. The van der Waals surface area contributed by atoms with E-state index in [0.717, 1.165) is 0 Å². The molecule has 0 amide bonds. The van der Waals surface area contributed by atoms with E-state index in [2.05, 4.69) is 20.8 Å². The van der Waals surface area contributed by atoms with Crippen LogP contribution in [0.4, 0.5) is 0 Å². The SMILES string of the molecule is [CH2-]C(CC)C1([CH2-])CCC1.[W+2]. The largest absolute Gasteiger partial charge is 2.00 e. The fourth-order valence-corrected chi connectivity index (χ4v) is 1.47. The first kappa shape index (κ1) is 10.7. The normalized spacial score (nSPS) is 24.3. The summed E-state index contributed by atoms with van der Waals surface area (Å²) in [7, 11) is 0. The molecule has 0 bridgehead atoms. The summed E-state index contributed by atoms with van der Waals surface area (Å²) < 4.78 is 0. The van der Waals surface area contributed by atoms with Crippen LogP contribution in [0.5, 0.6) is 0 Å². The van der Waals surface area contributed by atoms with Crippen LogP contribution in [0, 0.1) is 25.2 Å². The zero-order valence-electron chi connectivity index (χ0n) is 6.73. The molecule has 0 aromatic carbocycles. The molecule has 1 fully saturated rings. The Hall–Kier alpha value is 0.688. The predicted octanol–water partition coefficient (Wildman–Crippen LogP) is 2.85. The summed E-state index contributed by atoms with van der Waals surface area (Å²) in [5.74, 6) is 0.589. The van der Waals surface area contributed by atoms with Crippen molar-refractivity contribution in [2.24, 2.45) is 11.3 Å².